The lowest BCUT2D eigenvalue weighted by molar-refractivity contribution is 0.0607. The number of carbonyl (C=O) groups is 1. The summed E-state index contributed by atoms with van der Waals surface area (Å²) in [5, 5.41) is 4.62. The number of likely N-dealkylation sites (tertiary alicyclic amines) is 1. The smallest absolute Gasteiger partial charge is 0.350 e. The minimum Gasteiger partial charge on any atom is -0.465 e. The Hall–Kier alpha value is -1.27. The number of hydrogen-bond acceptors (Lipinski definition) is 6. The number of nitrogen functional groups attached to an aromatic ring is 1. The molecule has 2 aliphatic rings. The molecule has 1 aromatic rings. The van der Waals surface area contributed by atoms with Gasteiger partial charge in [0.15, 0.2) is 0 Å². The van der Waals surface area contributed by atoms with Gasteiger partial charge in [0.25, 0.3) is 0 Å². The highest BCUT2D eigenvalue weighted by molar-refractivity contribution is 7.18. The van der Waals surface area contributed by atoms with E-state index in [4.69, 9.17) is 10.5 Å². The van der Waals surface area contributed by atoms with Crippen LogP contribution in [0, 0.1) is 5.92 Å². The third-order valence-electron chi connectivity index (χ3n) is 4.38. The summed E-state index contributed by atoms with van der Waals surface area (Å²) in [5.41, 5.74) is 7.96. The van der Waals surface area contributed by atoms with Crippen molar-refractivity contribution in [2.75, 3.05) is 44.8 Å². The van der Waals surface area contributed by atoms with Gasteiger partial charge >= 0.3 is 5.97 Å². The lowest BCUT2D eigenvalue weighted by atomic mass is 10.1. The van der Waals surface area contributed by atoms with E-state index in [2.05, 4.69) is 17.3 Å². The average Bonchev–Trinajstić information content (AvgIpc) is 3.13. The Balaban J connectivity index is 1.75. The molecular formula is C15H23N3O2S. The average molecular weight is 309 g/mol. The molecule has 21 heavy (non-hydrogen) atoms. The molecule has 1 saturated carbocycles. The maximum absolute atomic E-state index is 11.8. The van der Waals surface area contributed by atoms with Crippen molar-refractivity contribution in [3.05, 3.63) is 10.4 Å². The fourth-order valence-electron chi connectivity index (χ4n) is 3.04. The number of carbonyl (C=O) groups excluding carboxylic acids is 1. The Morgan fingerprint density at radius 1 is 1.48 bits per heavy atom. The number of methoxy groups -OCH3 is 1. The second-order valence-corrected chi connectivity index (χ2v) is 7.17. The van der Waals surface area contributed by atoms with Gasteiger partial charge in [-0.3, -0.25) is 0 Å². The quantitative estimate of drug-likeness (QED) is 0.817. The minimum atomic E-state index is -0.326. The molecule has 1 aliphatic heterocycles. The molecule has 1 atom stereocenters. The number of thiophene rings is 1. The maximum atomic E-state index is 11.8. The highest BCUT2D eigenvalue weighted by atomic mass is 32.1. The summed E-state index contributed by atoms with van der Waals surface area (Å²) in [6.45, 7) is 3.25. The molecule has 1 unspecified atom stereocenters. The van der Waals surface area contributed by atoms with Crippen LogP contribution in [0.3, 0.4) is 0 Å². The van der Waals surface area contributed by atoms with Crippen LogP contribution in [0.4, 0.5) is 10.7 Å². The molecule has 0 bridgehead atoms. The number of nitrogens with zero attached hydrogens (tertiary/aromatic N) is 1. The van der Waals surface area contributed by atoms with E-state index < -0.39 is 0 Å². The highest BCUT2D eigenvalue weighted by Gasteiger charge is 2.33. The number of hydrogen-bond donors (Lipinski definition) is 2. The molecule has 0 aromatic carbocycles. The number of nitrogens with one attached hydrogen (secondary N) is 1. The Kier molecular flexibility index (Phi) is 4.08. The van der Waals surface area contributed by atoms with Gasteiger partial charge in [-0.15, -0.1) is 11.3 Å². The van der Waals surface area contributed by atoms with Crippen LogP contribution in [-0.2, 0) is 4.74 Å². The summed E-state index contributed by atoms with van der Waals surface area (Å²) in [7, 11) is 3.56. The fourth-order valence-corrected chi connectivity index (χ4v) is 4.17. The third-order valence-corrected chi connectivity index (χ3v) is 5.54. The van der Waals surface area contributed by atoms with Gasteiger partial charge in [0.1, 0.15) is 4.88 Å². The minimum absolute atomic E-state index is 0.326. The number of nitrogens with two attached hydrogens (primary N) is 1. The zero-order valence-electron chi connectivity index (χ0n) is 12.6. The standard InChI is InChI=1S/C15H23N3O2S/c1-18-6-5-9(8-18)7-17-14-11(10-3-4-10)12(16)13(21-14)15(19)20-2/h9-10,17H,3-8,16H2,1-2H3. The van der Waals surface area contributed by atoms with Gasteiger partial charge in [0, 0.05) is 18.7 Å². The number of rotatable bonds is 5. The van der Waals surface area contributed by atoms with Crippen LogP contribution in [-0.4, -0.2) is 44.7 Å². The van der Waals surface area contributed by atoms with E-state index in [-0.39, 0.29) is 5.97 Å². The van der Waals surface area contributed by atoms with Gasteiger partial charge in [-0.2, -0.15) is 0 Å². The normalized spacial score (nSPS) is 22.5. The maximum Gasteiger partial charge on any atom is 0.350 e. The molecule has 116 valence electrons. The van der Waals surface area contributed by atoms with Crippen LogP contribution < -0.4 is 11.1 Å². The van der Waals surface area contributed by atoms with Gasteiger partial charge in [0.05, 0.1) is 17.8 Å². The lowest BCUT2D eigenvalue weighted by Crippen LogP contribution is -2.19. The molecule has 0 radical (unpaired) electrons. The second-order valence-electron chi connectivity index (χ2n) is 6.15. The van der Waals surface area contributed by atoms with E-state index in [0.717, 1.165) is 23.7 Å². The van der Waals surface area contributed by atoms with Gasteiger partial charge in [-0.1, -0.05) is 0 Å². The van der Waals surface area contributed by atoms with Crippen molar-refractivity contribution in [3.8, 4) is 0 Å². The first-order valence-electron chi connectivity index (χ1n) is 7.53. The molecule has 2 heterocycles. The number of ether oxygens (including phenoxy) is 1. The van der Waals surface area contributed by atoms with Crippen LogP contribution in [0.5, 0.6) is 0 Å². The molecular weight excluding hydrogens is 286 g/mol. The van der Waals surface area contributed by atoms with Crippen molar-refractivity contribution in [1.82, 2.24) is 4.90 Å². The van der Waals surface area contributed by atoms with E-state index in [0.29, 0.717) is 22.4 Å². The molecule has 1 aromatic heterocycles. The number of anilines is 2. The summed E-state index contributed by atoms with van der Waals surface area (Å²) < 4.78 is 4.83. The highest BCUT2D eigenvalue weighted by Crippen LogP contribution is 2.51. The molecule has 6 heteroatoms. The van der Waals surface area contributed by atoms with Crippen molar-refractivity contribution < 1.29 is 9.53 Å². The summed E-state index contributed by atoms with van der Waals surface area (Å²) >= 11 is 1.45. The molecule has 3 N–H and O–H groups in total. The van der Waals surface area contributed by atoms with E-state index >= 15 is 0 Å². The molecule has 1 aliphatic carbocycles. The van der Waals surface area contributed by atoms with Crippen molar-refractivity contribution in [2.45, 2.75) is 25.2 Å². The topological polar surface area (TPSA) is 67.6 Å². The SMILES string of the molecule is COC(=O)c1sc(NCC2CCN(C)C2)c(C2CC2)c1N. The fraction of sp³-hybridized carbons (Fsp3) is 0.667. The zero-order chi connectivity index (χ0) is 15.0. The Bertz CT molecular complexity index is 539. The molecule has 5 nitrogen and oxygen atoms in total. The monoisotopic (exact) mass is 309 g/mol. The molecule has 0 amide bonds. The summed E-state index contributed by atoms with van der Waals surface area (Å²) in [5.74, 6) is 0.869. The summed E-state index contributed by atoms with van der Waals surface area (Å²) in [4.78, 5) is 14.7. The van der Waals surface area contributed by atoms with E-state index in [1.165, 1.54) is 44.3 Å². The van der Waals surface area contributed by atoms with Crippen molar-refractivity contribution in [2.24, 2.45) is 5.92 Å². The summed E-state index contributed by atoms with van der Waals surface area (Å²) in [6, 6.07) is 0. The van der Waals surface area contributed by atoms with Crippen LogP contribution in [0.25, 0.3) is 0 Å². The largest absolute Gasteiger partial charge is 0.465 e. The van der Waals surface area contributed by atoms with Gasteiger partial charge in [0.2, 0.25) is 0 Å². The van der Waals surface area contributed by atoms with Crippen LogP contribution in [0.1, 0.15) is 40.4 Å². The van der Waals surface area contributed by atoms with E-state index in [1.807, 2.05) is 0 Å². The molecule has 1 saturated heterocycles. The first kappa shape index (κ1) is 14.7. The van der Waals surface area contributed by atoms with Crippen LogP contribution in [0.2, 0.25) is 0 Å². The summed E-state index contributed by atoms with van der Waals surface area (Å²) in [6.07, 6.45) is 3.57. The van der Waals surface area contributed by atoms with E-state index in [9.17, 15) is 4.79 Å². The predicted molar refractivity (Wildman–Crippen MR) is 86.1 cm³/mol. The second kappa shape index (κ2) is 5.85. The third kappa shape index (κ3) is 3.01. The Morgan fingerprint density at radius 3 is 2.81 bits per heavy atom. The first-order valence-corrected chi connectivity index (χ1v) is 8.34. The van der Waals surface area contributed by atoms with Crippen molar-refractivity contribution >= 4 is 28.0 Å². The first-order chi connectivity index (χ1) is 10.1. The van der Waals surface area contributed by atoms with E-state index in [1.54, 1.807) is 0 Å². The lowest BCUT2D eigenvalue weighted by Gasteiger charge is -2.13. The van der Waals surface area contributed by atoms with Gasteiger partial charge in [-0.05, 0) is 44.7 Å². The van der Waals surface area contributed by atoms with Crippen molar-refractivity contribution in [1.29, 1.82) is 0 Å². The van der Waals surface area contributed by atoms with Crippen molar-refractivity contribution in [3.63, 3.8) is 0 Å². The molecule has 2 fully saturated rings. The predicted octanol–water partition coefficient (Wildman–Crippen LogP) is 2.36. The van der Waals surface area contributed by atoms with Crippen LogP contribution >= 0.6 is 11.3 Å². The zero-order valence-corrected chi connectivity index (χ0v) is 13.5. The van der Waals surface area contributed by atoms with Gasteiger partial charge < -0.3 is 20.7 Å². The molecule has 3 rings (SSSR count). The Labute approximate surface area is 129 Å². The number of esters is 1. The van der Waals surface area contributed by atoms with Gasteiger partial charge in [-0.25, -0.2) is 4.79 Å². The Morgan fingerprint density at radius 2 is 2.24 bits per heavy atom. The van der Waals surface area contributed by atoms with Crippen LogP contribution in [0.15, 0.2) is 0 Å². The molecule has 0 spiro atoms.